The van der Waals surface area contributed by atoms with Gasteiger partial charge in [-0.15, -0.1) is 0 Å². The Kier molecular flexibility index (Phi) is 3.69. The van der Waals surface area contributed by atoms with E-state index in [9.17, 15) is 5.11 Å². The average molecular weight is 310 g/mol. The summed E-state index contributed by atoms with van der Waals surface area (Å²) < 4.78 is 8.34. The summed E-state index contributed by atoms with van der Waals surface area (Å²) in [4.78, 5) is 4.58. The van der Waals surface area contributed by atoms with Crippen LogP contribution in [0.1, 0.15) is 37.3 Å². The van der Waals surface area contributed by atoms with Crippen molar-refractivity contribution in [2.24, 2.45) is 5.92 Å². The maximum atomic E-state index is 9.49. The zero-order chi connectivity index (χ0) is 15.8. The van der Waals surface area contributed by atoms with Crippen LogP contribution in [0.15, 0.2) is 41.1 Å². The zero-order valence-electron chi connectivity index (χ0n) is 13.4. The van der Waals surface area contributed by atoms with Gasteiger partial charge in [-0.1, -0.05) is 24.6 Å². The van der Waals surface area contributed by atoms with E-state index in [1.54, 1.807) is 0 Å². The molecule has 4 heteroatoms. The van der Waals surface area contributed by atoms with Gasteiger partial charge in [0, 0.05) is 36.0 Å². The number of hydrogen-bond donors (Lipinski definition) is 1. The summed E-state index contributed by atoms with van der Waals surface area (Å²) in [5.74, 6) is 2.17. The normalized spacial score (nSPS) is 21.8. The molecule has 3 aromatic rings. The second kappa shape index (κ2) is 5.85. The Balaban J connectivity index is 1.75. The van der Waals surface area contributed by atoms with Crippen molar-refractivity contribution in [3.63, 3.8) is 0 Å². The van der Waals surface area contributed by atoms with E-state index < -0.39 is 0 Å². The lowest BCUT2D eigenvalue weighted by Gasteiger charge is -2.29. The van der Waals surface area contributed by atoms with Crippen LogP contribution >= 0.6 is 0 Å². The highest BCUT2D eigenvalue weighted by molar-refractivity contribution is 5.86. The number of rotatable bonds is 3. The molecule has 0 bridgehead atoms. The van der Waals surface area contributed by atoms with Gasteiger partial charge in [0.1, 0.15) is 5.58 Å². The summed E-state index contributed by atoms with van der Waals surface area (Å²) in [5, 5.41) is 10.6. The molecule has 1 saturated carbocycles. The molecule has 1 N–H and O–H groups in total. The Morgan fingerprint density at radius 2 is 2.17 bits per heavy atom. The van der Waals surface area contributed by atoms with E-state index in [2.05, 4.69) is 22.5 Å². The minimum absolute atomic E-state index is 0.282. The molecule has 2 heterocycles. The first kappa shape index (κ1) is 14.5. The van der Waals surface area contributed by atoms with Crippen LogP contribution in [-0.2, 0) is 0 Å². The molecule has 0 saturated heterocycles. The largest absolute Gasteiger partial charge is 0.453 e. The molecule has 0 radical (unpaired) electrons. The molecular weight excluding hydrogens is 288 g/mol. The van der Waals surface area contributed by atoms with Crippen molar-refractivity contribution in [1.29, 1.82) is 0 Å². The van der Waals surface area contributed by atoms with Gasteiger partial charge in [-0.05, 0) is 38.2 Å². The van der Waals surface area contributed by atoms with Crippen molar-refractivity contribution in [1.82, 2.24) is 9.55 Å². The maximum Gasteiger partial charge on any atom is 0.176 e. The Morgan fingerprint density at radius 1 is 1.30 bits per heavy atom. The number of nitrogens with zero attached hydrogens (tertiary/aromatic N) is 2. The monoisotopic (exact) mass is 310 g/mol. The minimum atomic E-state index is 0.282. The summed E-state index contributed by atoms with van der Waals surface area (Å²) in [6.07, 6.45) is 8.34. The van der Waals surface area contributed by atoms with Crippen molar-refractivity contribution in [2.45, 2.75) is 38.6 Å². The summed E-state index contributed by atoms with van der Waals surface area (Å²) in [6, 6.07) is 8.52. The molecule has 0 spiro atoms. The molecule has 4 rings (SSSR count). The minimum Gasteiger partial charge on any atom is -0.453 e. The highest BCUT2D eigenvalue weighted by atomic mass is 16.3. The van der Waals surface area contributed by atoms with Gasteiger partial charge in [0.15, 0.2) is 11.6 Å². The van der Waals surface area contributed by atoms with E-state index in [1.807, 2.05) is 30.6 Å². The standard InChI is InChI=1S/C19H22N2O2/c1-13-16-7-2-3-8-17(16)23-18(13)19-20-9-10-21(19)15-6-4-5-14(11-15)12-22/h2-3,7-10,14-15,22H,4-6,11-12H2,1H3/t14-,15-/m1/s1. The fourth-order valence-electron chi connectivity index (χ4n) is 3.85. The van der Waals surface area contributed by atoms with E-state index in [-0.39, 0.29) is 6.61 Å². The van der Waals surface area contributed by atoms with Gasteiger partial charge in [0.2, 0.25) is 0 Å². The van der Waals surface area contributed by atoms with Crippen molar-refractivity contribution in [3.05, 3.63) is 42.2 Å². The van der Waals surface area contributed by atoms with E-state index in [0.29, 0.717) is 12.0 Å². The number of aliphatic hydroxyl groups is 1. The van der Waals surface area contributed by atoms with Crippen LogP contribution in [0.2, 0.25) is 0 Å². The van der Waals surface area contributed by atoms with Crippen molar-refractivity contribution in [3.8, 4) is 11.6 Å². The number of aliphatic hydroxyl groups excluding tert-OH is 1. The molecule has 1 fully saturated rings. The number of imidazole rings is 1. The molecular formula is C19H22N2O2. The first-order valence-corrected chi connectivity index (χ1v) is 8.40. The predicted octanol–water partition coefficient (Wildman–Crippen LogP) is 4.33. The summed E-state index contributed by atoms with van der Waals surface area (Å²) in [7, 11) is 0. The van der Waals surface area contributed by atoms with E-state index >= 15 is 0 Å². The number of furan rings is 1. The van der Waals surface area contributed by atoms with Crippen LogP contribution in [0.5, 0.6) is 0 Å². The second-order valence-corrected chi connectivity index (χ2v) is 6.58. The van der Waals surface area contributed by atoms with Crippen LogP contribution in [0.3, 0.4) is 0 Å². The SMILES string of the molecule is Cc1c(-c2nccn2[C@@H]2CCC[C@@H](CO)C2)oc2ccccc12. The van der Waals surface area contributed by atoms with Crippen molar-refractivity contribution >= 4 is 11.0 Å². The number of aryl methyl sites for hydroxylation is 1. The van der Waals surface area contributed by atoms with Crippen LogP contribution in [0.25, 0.3) is 22.6 Å². The Morgan fingerprint density at radius 3 is 3.00 bits per heavy atom. The first-order chi connectivity index (χ1) is 11.3. The van der Waals surface area contributed by atoms with Crippen LogP contribution in [0, 0.1) is 12.8 Å². The van der Waals surface area contributed by atoms with Gasteiger partial charge in [-0.25, -0.2) is 4.98 Å². The molecule has 4 nitrogen and oxygen atoms in total. The Bertz CT molecular complexity index is 818. The smallest absolute Gasteiger partial charge is 0.176 e. The number of fused-ring (bicyclic) bond motifs is 1. The van der Waals surface area contributed by atoms with Crippen LogP contribution in [0.4, 0.5) is 0 Å². The highest BCUT2D eigenvalue weighted by Gasteiger charge is 2.26. The molecule has 23 heavy (non-hydrogen) atoms. The summed E-state index contributed by atoms with van der Waals surface area (Å²) in [6.45, 7) is 2.38. The molecule has 0 amide bonds. The second-order valence-electron chi connectivity index (χ2n) is 6.58. The lowest BCUT2D eigenvalue weighted by Crippen LogP contribution is -2.21. The van der Waals surface area contributed by atoms with E-state index in [0.717, 1.165) is 53.8 Å². The molecule has 2 aromatic heterocycles. The molecule has 1 aliphatic rings. The lowest BCUT2D eigenvalue weighted by atomic mass is 9.86. The lowest BCUT2D eigenvalue weighted by molar-refractivity contribution is 0.163. The third-order valence-electron chi connectivity index (χ3n) is 5.12. The van der Waals surface area contributed by atoms with Crippen molar-refractivity contribution < 1.29 is 9.52 Å². The van der Waals surface area contributed by atoms with Crippen LogP contribution in [-0.4, -0.2) is 21.3 Å². The van der Waals surface area contributed by atoms with Crippen LogP contribution < -0.4 is 0 Å². The fraction of sp³-hybridized carbons (Fsp3) is 0.421. The summed E-state index contributed by atoms with van der Waals surface area (Å²) in [5.41, 5.74) is 2.05. The Hall–Kier alpha value is -2.07. The van der Waals surface area contributed by atoms with Gasteiger partial charge in [-0.3, -0.25) is 0 Å². The number of benzene rings is 1. The maximum absolute atomic E-state index is 9.49. The average Bonchev–Trinajstić information content (AvgIpc) is 3.20. The van der Waals surface area contributed by atoms with Gasteiger partial charge in [-0.2, -0.15) is 0 Å². The quantitative estimate of drug-likeness (QED) is 0.783. The Labute approximate surface area is 135 Å². The number of para-hydroxylation sites is 1. The predicted molar refractivity (Wildman–Crippen MR) is 90.3 cm³/mol. The van der Waals surface area contributed by atoms with Gasteiger partial charge >= 0.3 is 0 Å². The zero-order valence-corrected chi connectivity index (χ0v) is 13.4. The molecule has 1 aliphatic carbocycles. The topological polar surface area (TPSA) is 51.2 Å². The van der Waals surface area contributed by atoms with Gasteiger partial charge in [0.25, 0.3) is 0 Å². The molecule has 1 aromatic carbocycles. The number of aromatic nitrogens is 2. The molecule has 120 valence electrons. The fourth-order valence-corrected chi connectivity index (χ4v) is 3.85. The third-order valence-corrected chi connectivity index (χ3v) is 5.12. The highest BCUT2D eigenvalue weighted by Crippen LogP contribution is 2.37. The van der Waals surface area contributed by atoms with E-state index in [4.69, 9.17) is 4.42 Å². The van der Waals surface area contributed by atoms with Gasteiger partial charge < -0.3 is 14.1 Å². The van der Waals surface area contributed by atoms with E-state index in [1.165, 1.54) is 0 Å². The molecule has 2 atom stereocenters. The van der Waals surface area contributed by atoms with Gasteiger partial charge in [0.05, 0.1) is 0 Å². The third kappa shape index (κ3) is 2.47. The first-order valence-electron chi connectivity index (χ1n) is 8.40. The molecule has 0 unspecified atom stereocenters. The molecule has 0 aliphatic heterocycles. The van der Waals surface area contributed by atoms with Crippen molar-refractivity contribution in [2.75, 3.05) is 6.61 Å². The number of hydrogen-bond acceptors (Lipinski definition) is 3. The summed E-state index contributed by atoms with van der Waals surface area (Å²) >= 11 is 0.